The fourth-order valence-electron chi connectivity index (χ4n) is 4.42. The maximum Gasteiger partial charge on any atom is 0.319 e. The number of primary amides is 1. The van der Waals surface area contributed by atoms with Crippen molar-refractivity contribution >= 4 is 41.2 Å². The van der Waals surface area contributed by atoms with Crippen molar-refractivity contribution in [2.24, 2.45) is 5.73 Å². The highest BCUT2D eigenvalue weighted by Gasteiger charge is 2.44. The number of thioether (sulfide) groups is 1. The van der Waals surface area contributed by atoms with Crippen LogP contribution in [0.5, 0.6) is 0 Å². The minimum Gasteiger partial charge on any atom is -0.368 e. The molecule has 3 unspecified atom stereocenters. The second-order valence-electron chi connectivity index (χ2n) is 8.91. The number of nitrogens with two attached hydrogens (primary N) is 1. The molecule has 1 aliphatic heterocycles. The molecule has 1 aromatic heterocycles. The average molecular weight is 548 g/mol. The molecule has 5 N–H and O–H groups in total. The van der Waals surface area contributed by atoms with Crippen molar-refractivity contribution in [1.29, 1.82) is 0 Å². The first-order valence-electron chi connectivity index (χ1n) is 12.3. The molecule has 202 valence electrons. The van der Waals surface area contributed by atoms with Gasteiger partial charge in [0, 0.05) is 35.9 Å². The summed E-state index contributed by atoms with van der Waals surface area (Å²) < 4.78 is 0. The smallest absolute Gasteiger partial charge is 0.319 e. The molecule has 0 spiro atoms. The molecule has 0 bridgehead atoms. The van der Waals surface area contributed by atoms with E-state index in [0.717, 1.165) is 10.5 Å². The number of nitrogens with one attached hydrogen (secondary N) is 3. The Morgan fingerprint density at radius 1 is 1.10 bits per heavy atom. The molecule has 3 atom stereocenters. The van der Waals surface area contributed by atoms with Crippen LogP contribution in [0, 0.1) is 0 Å². The highest BCUT2D eigenvalue weighted by Crippen LogP contribution is 2.22. The summed E-state index contributed by atoms with van der Waals surface area (Å²) in [4.78, 5) is 62.3. The minimum atomic E-state index is -1.11. The van der Waals surface area contributed by atoms with Crippen LogP contribution in [0.4, 0.5) is 10.5 Å². The topological polar surface area (TPSA) is 159 Å². The Hall–Kier alpha value is -4.45. The molecule has 11 nitrogen and oxygen atoms in total. The van der Waals surface area contributed by atoms with Gasteiger partial charge in [0.15, 0.2) is 0 Å². The third kappa shape index (κ3) is 7.11. The van der Waals surface area contributed by atoms with Crippen LogP contribution in [0.1, 0.15) is 22.5 Å². The van der Waals surface area contributed by atoms with Gasteiger partial charge in [-0.2, -0.15) is 0 Å². The number of amides is 5. The summed E-state index contributed by atoms with van der Waals surface area (Å²) >= 11 is 1.54. The molecule has 1 saturated heterocycles. The molecular formula is C27H29N7O4S. The molecule has 4 rings (SSSR count). The number of hydrogen-bond donors (Lipinski definition) is 4. The van der Waals surface area contributed by atoms with Crippen molar-refractivity contribution in [1.82, 2.24) is 25.5 Å². The Morgan fingerprint density at radius 2 is 1.90 bits per heavy atom. The number of aromatic nitrogens is 2. The Balaban J connectivity index is 1.54. The van der Waals surface area contributed by atoms with Gasteiger partial charge in [-0.05, 0) is 36.4 Å². The van der Waals surface area contributed by atoms with Gasteiger partial charge in [-0.1, -0.05) is 36.4 Å². The highest BCUT2D eigenvalue weighted by atomic mass is 32.2. The summed E-state index contributed by atoms with van der Waals surface area (Å²) in [5.41, 5.74) is 7.06. The molecule has 1 aliphatic rings. The van der Waals surface area contributed by atoms with E-state index in [1.54, 1.807) is 6.07 Å². The first kappa shape index (κ1) is 27.6. The average Bonchev–Trinajstić information content (AvgIpc) is 3.36. The van der Waals surface area contributed by atoms with Gasteiger partial charge in [0.25, 0.3) is 5.91 Å². The second-order valence-corrected chi connectivity index (χ2v) is 9.79. The lowest BCUT2D eigenvalue weighted by molar-refractivity contribution is -0.130. The number of rotatable bonds is 9. The third-order valence-electron chi connectivity index (χ3n) is 6.30. The van der Waals surface area contributed by atoms with Crippen molar-refractivity contribution in [3.05, 3.63) is 84.4 Å². The van der Waals surface area contributed by atoms with Gasteiger partial charge in [0.1, 0.15) is 17.8 Å². The van der Waals surface area contributed by atoms with Gasteiger partial charge >= 0.3 is 6.03 Å². The summed E-state index contributed by atoms with van der Waals surface area (Å²) in [5, 5.41) is 8.29. The number of anilines is 1. The zero-order valence-corrected chi connectivity index (χ0v) is 22.1. The van der Waals surface area contributed by atoms with E-state index in [1.807, 2.05) is 54.8 Å². The first-order valence-corrected chi connectivity index (χ1v) is 13.5. The standard InChI is InChI=1S/C27H29N7O4S/c1-39-19-9-5-8-18(15-19)31-27(38)33-20-10-13-34(26(37)22-16-29-11-12-30-22)23(20)25(36)32-21(24(28)35)14-17-6-3-2-4-7-17/h2-9,11-12,15-16,20-21,23H,10,13-14H2,1H3,(H2,28,35)(H,32,36)(H2,31,33,38). The predicted molar refractivity (Wildman–Crippen MR) is 147 cm³/mol. The summed E-state index contributed by atoms with van der Waals surface area (Å²) in [6.07, 6.45) is 6.55. The Labute approximate surface area is 230 Å². The van der Waals surface area contributed by atoms with Gasteiger partial charge in [0.05, 0.1) is 12.2 Å². The Bertz CT molecular complexity index is 1330. The maximum absolute atomic E-state index is 13.6. The number of hydrogen-bond acceptors (Lipinski definition) is 7. The molecule has 3 aromatic rings. The lowest BCUT2D eigenvalue weighted by Crippen LogP contribution is -2.58. The van der Waals surface area contributed by atoms with E-state index in [4.69, 9.17) is 5.73 Å². The molecule has 39 heavy (non-hydrogen) atoms. The number of carbonyl (C=O) groups excluding carboxylic acids is 4. The summed E-state index contributed by atoms with van der Waals surface area (Å²) in [6.45, 7) is 0.181. The fraction of sp³-hybridized carbons (Fsp3) is 0.259. The van der Waals surface area contributed by atoms with E-state index in [-0.39, 0.29) is 18.7 Å². The first-order chi connectivity index (χ1) is 18.9. The Kier molecular flexibility index (Phi) is 9.10. The SMILES string of the molecule is CSc1cccc(NC(=O)NC2CCN(C(=O)c3cnccn3)C2C(=O)NC(Cc2ccccc2)C(N)=O)c1. The zero-order valence-electron chi connectivity index (χ0n) is 21.2. The summed E-state index contributed by atoms with van der Waals surface area (Å²) in [6, 6.07) is 13.1. The predicted octanol–water partition coefficient (Wildman–Crippen LogP) is 1.82. The monoisotopic (exact) mass is 547 g/mol. The number of urea groups is 1. The van der Waals surface area contributed by atoms with E-state index >= 15 is 0 Å². The van der Waals surface area contributed by atoms with E-state index in [1.165, 1.54) is 35.3 Å². The maximum atomic E-state index is 13.6. The van der Waals surface area contributed by atoms with Crippen LogP contribution in [0.3, 0.4) is 0 Å². The molecule has 1 fully saturated rings. The quantitative estimate of drug-likeness (QED) is 0.297. The summed E-state index contributed by atoms with van der Waals surface area (Å²) in [7, 11) is 0. The highest BCUT2D eigenvalue weighted by molar-refractivity contribution is 7.98. The van der Waals surface area contributed by atoms with E-state index in [0.29, 0.717) is 12.1 Å². The summed E-state index contributed by atoms with van der Waals surface area (Å²) in [5.74, 6) is -1.84. The van der Waals surface area contributed by atoms with Crippen LogP contribution in [-0.2, 0) is 16.0 Å². The third-order valence-corrected chi connectivity index (χ3v) is 7.02. The van der Waals surface area contributed by atoms with Crippen LogP contribution in [0.2, 0.25) is 0 Å². The second kappa shape index (κ2) is 12.9. The van der Waals surface area contributed by atoms with Crippen molar-refractivity contribution < 1.29 is 19.2 Å². The lowest BCUT2D eigenvalue weighted by atomic mass is 10.0. The normalized spacial score (nSPS) is 17.2. The molecule has 12 heteroatoms. The molecule has 5 amide bonds. The fourth-order valence-corrected chi connectivity index (χ4v) is 4.88. The van der Waals surface area contributed by atoms with Gasteiger partial charge in [-0.3, -0.25) is 19.4 Å². The van der Waals surface area contributed by atoms with Crippen LogP contribution in [0.15, 0.2) is 78.1 Å². The zero-order chi connectivity index (χ0) is 27.8. The molecule has 0 radical (unpaired) electrons. The van der Waals surface area contributed by atoms with Gasteiger partial charge in [-0.15, -0.1) is 11.8 Å². The van der Waals surface area contributed by atoms with Crippen molar-refractivity contribution in [3.63, 3.8) is 0 Å². The van der Waals surface area contributed by atoms with Crippen molar-refractivity contribution in [2.75, 3.05) is 18.1 Å². The molecule has 2 aromatic carbocycles. The number of carbonyl (C=O) groups is 4. The Morgan fingerprint density at radius 3 is 2.59 bits per heavy atom. The molecular weight excluding hydrogens is 518 g/mol. The van der Waals surface area contributed by atoms with Gasteiger partial charge in [0.2, 0.25) is 11.8 Å². The van der Waals surface area contributed by atoms with Gasteiger partial charge < -0.3 is 26.6 Å². The van der Waals surface area contributed by atoms with Crippen LogP contribution < -0.4 is 21.7 Å². The van der Waals surface area contributed by atoms with Crippen molar-refractivity contribution in [3.8, 4) is 0 Å². The molecule has 0 saturated carbocycles. The number of likely N-dealkylation sites (tertiary alicyclic amines) is 1. The largest absolute Gasteiger partial charge is 0.368 e. The van der Waals surface area contributed by atoms with Crippen molar-refractivity contribution in [2.45, 2.75) is 35.9 Å². The number of benzene rings is 2. The van der Waals surface area contributed by atoms with Crippen LogP contribution in [-0.4, -0.2) is 69.5 Å². The number of nitrogens with zero attached hydrogens (tertiary/aromatic N) is 3. The lowest BCUT2D eigenvalue weighted by Gasteiger charge is -2.29. The molecule has 0 aliphatic carbocycles. The molecule has 2 heterocycles. The van der Waals surface area contributed by atoms with Crippen LogP contribution in [0.25, 0.3) is 0 Å². The van der Waals surface area contributed by atoms with E-state index in [2.05, 4.69) is 25.9 Å². The van der Waals surface area contributed by atoms with Gasteiger partial charge in [-0.25, -0.2) is 9.78 Å². The van der Waals surface area contributed by atoms with Crippen LogP contribution >= 0.6 is 11.8 Å². The minimum absolute atomic E-state index is 0.0602. The van der Waals surface area contributed by atoms with E-state index in [9.17, 15) is 19.2 Å². The van der Waals surface area contributed by atoms with E-state index < -0.39 is 41.9 Å².